The van der Waals surface area contributed by atoms with E-state index in [1.807, 2.05) is 25.1 Å². The van der Waals surface area contributed by atoms with Gasteiger partial charge in [-0.2, -0.15) is 0 Å². The van der Waals surface area contributed by atoms with Crippen LogP contribution in [0.25, 0.3) is 11.4 Å². The molecular formula is C15H18N2O3. The van der Waals surface area contributed by atoms with Gasteiger partial charge in [-0.3, -0.25) is 0 Å². The number of aryl methyl sites for hydroxylation is 1. The van der Waals surface area contributed by atoms with Crippen molar-refractivity contribution in [3.05, 3.63) is 41.7 Å². The van der Waals surface area contributed by atoms with Crippen LogP contribution in [-0.2, 0) is 9.47 Å². The quantitative estimate of drug-likeness (QED) is 0.785. The zero-order chi connectivity index (χ0) is 14.5. The minimum absolute atomic E-state index is 0.506. The topological polar surface area (TPSA) is 53.5 Å². The fourth-order valence-electron chi connectivity index (χ4n) is 1.95. The van der Waals surface area contributed by atoms with E-state index < -0.39 is 6.29 Å². The van der Waals surface area contributed by atoms with Crippen molar-refractivity contribution in [3.8, 4) is 17.1 Å². The predicted octanol–water partition coefficient (Wildman–Crippen LogP) is 2.75. The average molecular weight is 274 g/mol. The van der Waals surface area contributed by atoms with Gasteiger partial charge in [-0.05, 0) is 30.7 Å². The maximum absolute atomic E-state index is 5.39. The van der Waals surface area contributed by atoms with Gasteiger partial charge < -0.3 is 14.2 Å². The van der Waals surface area contributed by atoms with Gasteiger partial charge in [0.25, 0.3) is 0 Å². The van der Waals surface area contributed by atoms with Gasteiger partial charge in [0.05, 0.1) is 12.7 Å². The van der Waals surface area contributed by atoms with Gasteiger partial charge in [-0.25, -0.2) is 9.97 Å². The SMILES string of the molecule is COc1cc(C)ccc1-c1nccc(C(OC)OC)n1. The highest BCUT2D eigenvalue weighted by molar-refractivity contribution is 5.64. The summed E-state index contributed by atoms with van der Waals surface area (Å²) in [7, 11) is 4.78. The lowest BCUT2D eigenvalue weighted by Gasteiger charge is -2.14. The van der Waals surface area contributed by atoms with Gasteiger partial charge >= 0.3 is 0 Å². The molecule has 0 bridgehead atoms. The lowest BCUT2D eigenvalue weighted by Crippen LogP contribution is -2.07. The summed E-state index contributed by atoms with van der Waals surface area (Å²) >= 11 is 0. The molecule has 2 rings (SSSR count). The average Bonchev–Trinajstić information content (AvgIpc) is 2.48. The van der Waals surface area contributed by atoms with Gasteiger partial charge in [0, 0.05) is 20.4 Å². The highest BCUT2D eigenvalue weighted by Crippen LogP contribution is 2.29. The zero-order valence-corrected chi connectivity index (χ0v) is 12.1. The van der Waals surface area contributed by atoms with Crippen molar-refractivity contribution in [2.45, 2.75) is 13.2 Å². The number of benzene rings is 1. The molecule has 1 aromatic carbocycles. The number of ether oxygens (including phenoxy) is 3. The second-order valence-electron chi connectivity index (χ2n) is 4.31. The zero-order valence-electron chi connectivity index (χ0n) is 12.1. The van der Waals surface area contributed by atoms with Crippen LogP contribution >= 0.6 is 0 Å². The van der Waals surface area contributed by atoms with Gasteiger partial charge in [0.15, 0.2) is 5.82 Å². The highest BCUT2D eigenvalue weighted by Gasteiger charge is 2.14. The van der Waals surface area contributed by atoms with E-state index in [0.29, 0.717) is 11.5 Å². The Kier molecular flexibility index (Phi) is 4.65. The van der Waals surface area contributed by atoms with Crippen molar-refractivity contribution in [1.82, 2.24) is 9.97 Å². The summed E-state index contributed by atoms with van der Waals surface area (Å²) in [6, 6.07) is 7.66. The fourth-order valence-corrected chi connectivity index (χ4v) is 1.95. The number of rotatable bonds is 5. The normalized spacial score (nSPS) is 10.8. The number of aromatic nitrogens is 2. The maximum atomic E-state index is 5.39. The third-order valence-electron chi connectivity index (χ3n) is 2.94. The van der Waals surface area contributed by atoms with Crippen LogP contribution < -0.4 is 4.74 Å². The first kappa shape index (κ1) is 14.4. The summed E-state index contributed by atoms with van der Waals surface area (Å²) in [5.41, 5.74) is 2.63. The molecule has 1 aromatic heterocycles. The van der Waals surface area contributed by atoms with Crippen LogP contribution in [0, 0.1) is 6.92 Å². The van der Waals surface area contributed by atoms with Gasteiger partial charge in [-0.1, -0.05) is 6.07 Å². The maximum Gasteiger partial charge on any atom is 0.200 e. The lowest BCUT2D eigenvalue weighted by atomic mass is 10.1. The van der Waals surface area contributed by atoms with E-state index in [1.54, 1.807) is 33.6 Å². The predicted molar refractivity (Wildman–Crippen MR) is 75.5 cm³/mol. The fraction of sp³-hybridized carbons (Fsp3) is 0.333. The van der Waals surface area contributed by atoms with E-state index in [2.05, 4.69) is 9.97 Å². The summed E-state index contributed by atoms with van der Waals surface area (Å²) in [6.45, 7) is 2.01. The molecule has 0 spiro atoms. The van der Waals surface area contributed by atoms with Crippen LogP contribution in [0.1, 0.15) is 17.5 Å². The number of methoxy groups -OCH3 is 3. The number of hydrogen-bond donors (Lipinski definition) is 0. The Hall–Kier alpha value is -1.98. The lowest BCUT2D eigenvalue weighted by molar-refractivity contribution is -0.108. The van der Waals surface area contributed by atoms with E-state index in [9.17, 15) is 0 Å². The van der Waals surface area contributed by atoms with E-state index >= 15 is 0 Å². The molecule has 0 N–H and O–H groups in total. The molecule has 20 heavy (non-hydrogen) atoms. The van der Waals surface area contributed by atoms with Crippen LogP contribution in [-0.4, -0.2) is 31.3 Å². The van der Waals surface area contributed by atoms with Crippen LogP contribution in [0.5, 0.6) is 5.75 Å². The van der Waals surface area contributed by atoms with E-state index in [4.69, 9.17) is 14.2 Å². The summed E-state index contributed by atoms with van der Waals surface area (Å²) in [4.78, 5) is 8.78. The Bertz CT molecular complexity index is 583. The third kappa shape index (κ3) is 2.95. The van der Waals surface area contributed by atoms with Crippen LogP contribution in [0.15, 0.2) is 30.5 Å². The Morgan fingerprint density at radius 3 is 2.45 bits per heavy atom. The molecule has 0 radical (unpaired) electrons. The smallest absolute Gasteiger partial charge is 0.200 e. The molecule has 0 aliphatic carbocycles. The van der Waals surface area contributed by atoms with E-state index in [1.165, 1.54) is 0 Å². The standard InChI is InChI=1S/C15H18N2O3/c1-10-5-6-11(13(9-10)18-2)14-16-8-7-12(17-14)15(19-3)20-4/h5-9,15H,1-4H3. The molecule has 0 unspecified atom stereocenters. The minimum atomic E-state index is -0.506. The summed E-state index contributed by atoms with van der Waals surface area (Å²) < 4.78 is 15.8. The Balaban J connectivity index is 2.45. The summed E-state index contributed by atoms with van der Waals surface area (Å²) in [6.07, 6.45) is 1.18. The Labute approximate surface area is 118 Å². The van der Waals surface area contributed by atoms with Crippen molar-refractivity contribution < 1.29 is 14.2 Å². The first-order valence-electron chi connectivity index (χ1n) is 6.23. The Morgan fingerprint density at radius 1 is 1.05 bits per heavy atom. The van der Waals surface area contributed by atoms with Crippen LogP contribution in [0.4, 0.5) is 0 Å². The molecule has 0 amide bonds. The highest BCUT2D eigenvalue weighted by atomic mass is 16.7. The summed E-state index contributed by atoms with van der Waals surface area (Å²) in [5, 5.41) is 0. The van der Waals surface area contributed by atoms with Crippen molar-refractivity contribution in [2.75, 3.05) is 21.3 Å². The first-order chi connectivity index (χ1) is 9.69. The molecular weight excluding hydrogens is 256 g/mol. The largest absolute Gasteiger partial charge is 0.496 e. The van der Waals surface area contributed by atoms with E-state index in [0.717, 1.165) is 16.9 Å². The molecule has 0 atom stereocenters. The molecule has 0 aliphatic rings. The summed E-state index contributed by atoms with van der Waals surface area (Å²) in [5.74, 6) is 1.33. The molecule has 0 saturated heterocycles. The molecule has 0 fully saturated rings. The van der Waals surface area contributed by atoms with Gasteiger partial charge in [0.1, 0.15) is 11.4 Å². The van der Waals surface area contributed by atoms with Gasteiger partial charge in [0.2, 0.25) is 6.29 Å². The number of nitrogens with zero attached hydrogens (tertiary/aromatic N) is 2. The molecule has 5 nitrogen and oxygen atoms in total. The second-order valence-corrected chi connectivity index (χ2v) is 4.31. The first-order valence-corrected chi connectivity index (χ1v) is 6.23. The molecule has 2 aromatic rings. The molecule has 106 valence electrons. The van der Waals surface area contributed by atoms with Crippen molar-refractivity contribution in [1.29, 1.82) is 0 Å². The van der Waals surface area contributed by atoms with Crippen molar-refractivity contribution >= 4 is 0 Å². The Morgan fingerprint density at radius 2 is 1.80 bits per heavy atom. The molecule has 5 heteroatoms. The van der Waals surface area contributed by atoms with Crippen LogP contribution in [0.2, 0.25) is 0 Å². The molecule has 0 aliphatic heterocycles. The minimum Gasteiger partial charge on any atom is -0.496 e. The monoisotopic (exact) mass is 274 g/mol. The van der Waals surface area contributed by atoms with Crippen LogP contribution in [0.3, 0.4) is 0 Å². The van der Waals surface area contributed by atoms with Crippen molar-refractivity contribution in [3.63, 3.8) is 0 Å². The van der Waals surface area contributed by atoms with E-state index in [-0.39, 0.29) is 0 Å². The second kappa shape index (κ2) is 6.45. The molecule has 0 saturated carbocycles. The third-order valence-corrected chi connectivity index (χ3v) is 2.94. The molecule has 1 heterocycles. The number of hydrogen-bond acceptors (Lipinski definition) is 5. The van der Waals surface area contributed by atoms with Crippen molar-refractivity contribution in [2.24, 2.45) is 0 Å². The van der Waals surface area contributed by atoms with Gasteiger partial charge in [-0.15, -0.1) is 0 Å².